The second kappa shape index (κ2) is 9.61. The van der Waals surface area contributed by atoms with Gasteiger partial charge in [0.25, 0.3) is 0 Å². The van der Waals surface area contributed by atoms with Crippen LogP contribution in [0.15, 0.2) is 12.1 Å². The highest BCUT2D eigenvalue weighted by atomic mass is 16.4. The first-order chi connectivity index (χ1) is 12.4. The van der Waals surface area contributed by atoms with Crippen molar-refractivity contribution in [1.29, 1.82) is 0 Å². The Morgan fingerprint density at radius 2 is 1.41 bits per heavy atom. The molecular formula is C24H40O3. The molecule has 154 valence electrons. The molecule has 0 bridgehead atoms. The predicted octanol–water partition coefficient (Wildman–Crippen LogP) is 6.59. The lowest BCUT2D eigenvalue weighted by molar-refractivity contribution is -0.142. The summed E-state index contributed by atoms with van der Waals surface area (Å²) in [6.45, 7) is 14.7. The fourth-order valence-electron chi connectivity index (χ4n) is 3.55. The lowest BCUT2D eigenvalue weighted by Crippen LogP contribution is -2.20. The molecule has 0 aromatic heterocycles. The number of hydrogen-bond acceptors (Lipinski definition) is 2. The van der Waals surface area contributed by atoms with Crippen molar-refractivity contribution in [3.8, 4) is 5.75 Å². The number of carbonyl (C=O) groups is 1. The summed E-state index contributed by atoms with van der Waals surface area (Å²) >= 11 is 0. The Morgan fingerprint density at radius 3 is 1.81 bits per heavy atom. The summed E-state index contributed by atoms with van der Waals surface area (Å²) in [6.07, 6.45) is 6.91. The van der Waals surface area contributed by atoms with E-state index >= 15 is 0 Å². The Labute approximate surface area is 166 Å². The monoisotopic (exact) mass is 376 g/mol. The van der Waals surface area contributed by atoms with E-state index in [0.717, 1.165) is 36.0 Å². The highest BCUT2D eigenvalue weighted by Crippen LogP contribution is 2.40. The van der Waals surface area contributed by atoms with Gasteiger partial charge in [-0.15, -0.1) is 0 Å². The largest absolute Gasteiger partial charge is 0.507 e. The molecule has 1 aromatic rings. The van der Waals surface area contributed by atoms with Crippen LogP contribution in [0.1, 0.15) is 104 Å². The van der Waals surface area contributed by atoms with E-state index < -0.39 is 5.97 Å². The van der Waals surface area contributed by atoms with Crippen LogP contribution in [0.2, 0.25) is 0 Å². The number of hydrogen-bond donors (Lipinski definition) is 2. The normalized spacial score (nSPS) is 13.6. The third-order valence-corrected chi connectivity index (χ3v) is 5.27. The second-order valence-electron chi connectivity index (χ2n) is 9.98. The van der Waals surface area contributed by atoms with Gasteiger partial charge in [0, 0.05) is 0 Å². The highest BCUT2D eigenvalue weighted by molar-refractivity contribution is 5.70. The van der Waals surface area contributed by atoms with Crippen LogP contribution in [0.4, 0.5) is 0 Å². The number of aliphatic carboxylic acids is 1. The Bertz CT molecular complexity index is 582. The number of carboxylic acid groups (broad SMARTS) is 1. The maximum atomic E-state index is 11.8. The topological polar surface area (TPSA) is 57.5 Å². The molecule has 1 rings (SSSR count). The van der Waals surface area contributed by atoms with Gasteiger partial charge in [-0.05, 0) is 40.4 Å². The fraction of sp³-hybridized carbons (Fsp3) is 0.708. The molecule has 0 spiro atoms. The van der Waals surface area contributed by atoms with E-state index in [1.165, 1.54) is 19.3 Å². The lowest BCUT2D eigenvalue weighted by Gasteiger charge is -2.28. The number of phenols is 1. The highest BCUT2D eigenvalue weighted by Gasteiger charge is 2.27. The van der Waals surface area contributed by atoms with Gasteiger partial charge in [-0.3, -0.25) is 4.79 Å². The smallest absolute Gasteiger partial charge is 0.306 e. The minimum Gasteiger partial charge on any atom is -0.507 e. The molecule has 0 aliphatic carbocycles. The van der Waals surface area contributed by atoms with E-state index in [0.29, 0.717) is 12.2 Å². The predicted molar refractivity (Wildman–Crippen MR) is 114 cm³/mol. The molecular weight excluding hydrogens is 336 g/mol. The minimum atomic E-state index is -0.715. The molecule has 0 radical (unpaired) electrons. The van der Waals surface area contributed by atoms with Crippen molar-refractivity contribution in [1.82, 2.24) is 0 Å². The van der Waals surface area contributed by atoms with Crippen LogP contribution in [0.5, 0.6) is 5.75 Å². The SMILES string of the molecule is CCCCCCCC(Cc1cc(C(C)(C)C)c(O)c(C(C)(C)C)c1)C(=O)O. The number of carboxylic acids is 1. The number of benzene rings is 1. The average molecular weight is 377 g/mol. The molecule has 0 amide bonds. The van der Waals surface area contributed by atoms with E-state index in [1.807, 2.05) is 12.1 Å². The number of unbranched alkanes of at least 4 members (excludes halogenated alkanes) is 4. The van der Waals surface area contributed by atoms with Gasteiger partial charge in [-0.25, -0.2) is 0 Å². The minimum absolute atomic E-state index is 0.195. The molecule has 1 unspecified atom stereocenters. The third-order valence-electron chi connectivity index (χ3n) is 5.27. The van der Waals surface area contributed by atoms with E-state index in [1.54, 1.807) is 0 Å². The summed E-state index contributed by atoms with van der Waals surface area (Å²) in [4.78, 5) is 11.8. The average Bonchev–Trinajstić information content (AvgIpc) is 2.52. The van der Waals surface area contributed by atoms with Crippen molar-refractivity contribution in [3.05, 3.63) is 28.8 Å². The summed E-state index contributed by atoms with van der Waals surface area (Å²) < 4.78 is 0. The first-order valence-corrected chi connectivity index (χ1v) is 10.5. The van der Waals surface area contributed by atoms with Crippen molar-refractivity contribution in [3.63, 3.8) is 0 Å². The molecule has 1 aromatic carbocycles. The summed E-state index contributed by atoms with van der Waals surface area (Å²) in [6, 6.07) is 4.02. The van der Waals surface area contributed by atoms with E-state index in [-0.39, 0.29) is 16.7 Å². The van der Waals surface area contributed by atoms with Crippen molar-refractivity contribution >= 4 is 5.97 Å². The van der Waals surface area contributed by atoms with Gasteiger partial charge in [0.2, 0.25) is 0 Å². The van der Waals surface area contributed by atoms with Crippen LogP contribution in [0.25, 0.3) is 0 Å². The van der Waals surface area contributed by atoms with Gasteiger partial charge in [-0.1, -0.05) is 92.7 Å². The van der Waals surface area contributed by atoms with Crippen molar-refractivity contribution in [2.24, 2.45) is 5.92 Å². The Morgan fingerprint density at radius 1 is 0.926 bits per heavy atom. The Balaban J connectivity index is 3.10. The van der Waals surface area contributed by atoms with Crippen LogP contribution in [-0.4, -0.2) is 16.2 Å². The van der Waals surface area contributed by atoms with Gasteiger partial charge < -0.3 is 10.2 Å². The van der Waals surface area contributed by atoms with Crippen LogP contribution >= 0.6 is 0 Å². The summed E-state index contributed by atoms with van der Waals surface area (Å²) in [5.74, 6) is -0.727. The maximum absolute atomic E-state index is 11.8. The summed E-state index contributed by atoms with van der Waals surface area (Å²) in [5, 5.41) is 20.5. The molecule has 0 fully saturated rings. The van der Waals surface area contributed by atoms with Gasteiger partial charge >= 0.3 is 5.97 Å². The molecule has 0 saturated heterocycles. The van der Waals surface area contributed by atoms with Crippen LogP contribution < -0.4 is 0 Å². The second-order valence-corrected chi connectivity index (χ2v) is 9.98. The Hall–Kier alpha value is -1.51. The summed E-state index contributed by atoms with van der Waals surface area (Å²) in [5.41, 5.74) is 2.43. The molecule has 2 N–H and O–H groups in total. The molecule has 1 atom stereocenters. The zero-order valence-corrected chi connectivity index (χ0v) is 18.5. The standard InChI is InChI=1S/C24H40O3/c1-8-9-10-11-12-13-18(22(26)27)14-17-15-19(23(2,3)4)21(25)20(16-17)24(5,6)7/h15-16,18,25H,8-14H2,1-7H3,(H,26,27). The van der Waals surface area contributed by atoms with Crippen molar-refractivity contribution < 1.29 is 15.0 Å². The summed E-state index contributed by atoms with van der Waals surface area (Å²) in [7, 11) is 0. The van der Waals surface area contributed by atoms with E-state index in [2.05, 4.69) is 48.5 Å². The number of phenolic OH excluding ortho intramolecular Hbond substituents is 1. The molecule has 0 aliphatic heterocycles. The van der Waals surface area contributed by atoms with Crippen molar-refractivity contribution in [2.45, 2.75) is 104 Å². The first-order valence-electron chi connectivity index (χ1n) is 10.5. The maximum Gasteiger partial charge on any atom is 0.306 e. The van der Waals surface area contributed by atoms with E-state index in [4.69, 9.17) is 0 Å². The molecule has 3 heteroatoms. The Kier molecular flexibility index (Phi) is 8.38. The zero-order valence-electron chi connectivity index (χ0n) is 18.5. The quantitative estimate of drug-likeness (QED) is 0.478. The van der Waals surface area contributed by atoms with Gasteiger partial charge in [-0.2, -0.15) is 0 Å². The zero-order chi connectivity index (χ0) is 20.8. The first kappa shape index (κ1) is 23.5. The van der Waals surface area contributed by atoms with Gasteiger partial charge in [0.05, 0.1) is 5.92 Å². The van der Waals surface area contributed by atoms with Crippen LogP contribution in [0, 0.1) is 5.92 Å². The molecule has 3 nitrogen and oxygen atoms in total. The molecule has 0 aliphatic rings. The lowest BCUT2D eigenvalue weighted by atomic mass is 9.77. The molecule has 27 heavy (non-hydrogen) atoms. The molecule has 0 heterocycles. The van der Waals surface area contributed by atoms with E-state index in [9.17, 15) is 15.0 Å². The van der Waals surface area contributed by atoms with Gasteiger partial charge in [0.15, 0.2) is 0 Å². The van der Waals surface area contributed by atoms with Gasteiger partial charge in [0.1, 0.15) is 5.75 Å². The molecule has 0 saturated carbocycles. The van der Waals surface area contributed by atoms with Crippen LogP contribution in [0.3, 0.4) is 0 Å². The van der Waals surface area contributed by atoms with Crippen molar-refractivity contribution in [2.75, 3.05) is 0 Å². The fourth-order valence-corrected chi connectivity index (χ4v) is 3.55. The third kappa shape index (κ3) is 7.20. The number of rotatable bonds is 9. The van der Waals surface area contributed by atoms with Crippen LogP contribution in [-0.2, 0) is 22.0 Å². The number of aromatic hydroxyl groups is 1.